The van der Waals surface area contributed by atoms with Crippen molar-refractivity contribution >= 4 is 11.4 Å². The molecule has 0 fully saturated rings. The van der Waals surface area contributed by atoms with Crippen molar-refractivity contribution in [1.29, 1.82) is 0 Å². The van der Waals surface area contributed by atoms with Crippen LogP contribution in [0.25, 0.3) is 5.57 Å². The molecule has 1 unspecified atom stereocenters. The maximum Gasteiger partial charge on any atom is 0.188 e. The number of carbonyl (C=O) groups excluding carboxylic acids is 1. The number of hydrogen-bond donors (Lipinski definition) is 0. The molecule has 2 aromatic rings. The fourth-order valence-corrected chi connectivity index (χ4v) is 3.98. The molecular weight excluding hydrogens is 390 g/mol. The van der Waals surface area contributed by atoms with Crippen molar-refractivity contribution in [2.75, 3.05) is 27.1 Å². The molecule has 0 aliphatic heterocycles. The fraction of sp³-hybridized carbons (Fsp3) is 0.385. The number of ether oxygens (including phenoxy) is 3. The summed E-state index contributed by atoms with van der Waals surface area (Å²) in [6.07, 6.45) is 2.87. The molecule has 0 radical (unpaired) electrons. The van der Waals surface area contributed by atoms with Gasteiger partial charge in [0.1, 0.15) is 5.76 Å². The van der Waals surface area contributed by atoms with Crippen molar-refractivity contribution in [2.45, 2.75) is 33.6 Å². The predicted octanol–water partition coefficient (Wildman–Crippen LogP) is 4.25. The van der Waals surface area contributed by atoms with Crippen molar-refractivity contribution in [3.05, 3.63) is 70.2 Å². The molecule has 0 N–H and O–H groups in total. The molecule has 3 rings (SSSR count). The van der Waals surface area contributed by atoms with Gasteiger partial charge in [-0.05, 0) is 61.7 Å². The number of aromatic nitrogens is 1. The summed E-state index contributed by atoms with van der Waals surface area (Å²) in [5.41, 5.74) is 5.47. The lowest BCUT2D eigenvalue weighted by molar-refractivity contribution is -0.116. The van der Waals surface area contributed by atoms with Crippen LogP contribution in [0.3, 0.4) is 0 Å². The van der Waals surface area contributed by atoms with E-state index in [-0.39, 0.29) is 18.5 Å². The first-order chi connectivity index (χ1) is 15.0. The van der Waals surface area contributed by atoms with E-state index >= 15 is 0 Å². The average Bonchev–Trinajstić information content (AvgIpc) is 3.04. The van der Waals surface area contributed by atoms with E-state index in [1.807, 2.05) is 51.1 Å². The summed E-state index contributed by atoms with van der Waals surface area (Å²) in [7, 11) is 1.63. The number of benzene rings is 1. The first kappa shape index (κ1) is 22.7. The van der Waals surface area contributed by atoms with Gasteiger partial charge in [0.2, 0.25) is 0 Å². The molecule has 5 heteroatoms. The monoisotopic (exact) mass is 419 g/mol. The van der Waals surface area contributed by atoms with Gasteiger partial charge in [-0.3, -0.25) is 9.78 Å². The molecule has 1 aromatic heterocycles. The molecule has 1 aliphatic rings. The molecule has 31 heavy (non-hydrogen) atoms. The third-order valence-electron chi connectivity index (χ3n) is 5.31. The van der Waals surface area contributed by atoms with Gasteiger partial charge in [-0.1, -0.05) is 12.0 Å². The molecule has 1 atom stereocenters. The van der Waals surface area contributed by atoms with Gasteiger partial charge in [-0.25, -0.2) is 0 Å². The van der Waals surface area contributed by atoms with E-state index in [0.717, 1.165) is 27.9 Å². The first-order valence-corrected chi connectivity index (χ1v) is 10.5. The van der Waals surface area contributed by atoms with Gasteiger partial charge in [0, 0.05) is 43.3 Å². The minimum atomic E-state index is -0.201. The Kier molecular flexibility index (Phi) is 8.00. The minimum Gasteiger partial charge on any atom is -0.471 e. The fourth-order valence-electron chi connectivity index (χ4n) is 3.98. The van der Waals surface area contributed by atoms with Crippen molar-refractivity contribution in [1.82, 2.24) is 4.98 Å². The number of methoxy groups -OCH3 is 1. The summed E-state index contributed by atoms with van der Waals surface area (Å²) < 4.78 is 16.5. The summed E-state index contributed by atoms with van der Waals surface area (Å²) in [6, 6.07) is 9.83. The van der Waals surface area contributed by atoms with Crippen molar-refractivity contribution in [3.63, 3.8) is 0 Å². The Balaban J connectivity index is 1.91. The molecule has 1 heterocycles. The normalized spacial score (nSPS) is 15.7. The summed E-state index contributed by atoms with van der Waals surface area (Å²) in [4.78, 5) is 17.9. The zero-order valence-corrected chi connectivity index (χ0v) is 18.7. The van der Waals surface area contributed by atoms with Crippen LogP contribution < -0.4 is 0 Å². The Morgan fingerprint density at radius 1 is 1.16 bits per heavy atom. The zero-order chi connectivity index (χ0) is 22.2. The van der Waals surface area contributed by atoms with E-state index in [1.54, 1.807) is 13.3 Å². The van der Waals surface area contributed by atoms with E-state index in [1.165, 1.54) is 0 Å². The highest BCUT2D eigenvalue weighted by molar-refractivity contribution is 6.25. The van der Waals surface area contributed by atoms with Crippen LogP contribution in [0.15, 0.2) is 42.3 Å². The maximum absolute atomic E-state index is 13.5. The van der Waals surface area contributed by atoms with Gasteiger partial charge >= 0.3 is 0 Å². The summed E-state index contributed by atoms with van der Waals surface area (Å²) >= 11 is 0. The third-order valence-corrected chi connectivity index (χ3v) is 5.31. The predicted molar refractivity (Wildman–Crippen MR) is 120 cm³/mol. The Hall–Kier alpha value is -2.94. The molecule has 162 valence electrons. The lowest BCUT2D eigenvalue weighted by Crippen LogP contribution is -2.14. The van der Waals surface area contributed by atoms with Gasteiger partial charge in [0.15, 0.2) is 12.6 Å². The molecule has 0 saturated heterocycles. The number of allylic oxidation sites excluding steroid dienone is 2. The Labute approximate surface area is 184 Å². The van der Waals surface area contributed by atoms with Crippen molar-refractivity contribution in [3.8, 4) is 11.8 Å². The first-order valence-electron chi connectivity index (χ1n) is 10.5. The summed E-state index contributed by atoms with van der Waals surface area (Å²) in [5.74, 6) is 6.62. The number of pyridine rings is 1. The molecule has 0 saturated carbocycles. The SMILES string of the molecule is CC#Cc1cc(C)c(C2=C(OCOCCOC)CC(Cc3ccccn3)C2=O)c(C)c1. The average molecular weight is 420 g/mol. The van der Waals surface area contributed by atoms with Crippen LogP contribution in [0.5, 0.6) is 0 Å². The van der Waals surface area contributed by atoms with Crippen LogP contribution >= 0.6 is 0 Å². The van der Waals surface area contributed by atoms with Crippen LogP contribution in [0.2, 0.25) is 0 Å². The number of rotatable bonds is 9. The number of carbonyl (C=O) groups is 1. The minimum absolute atomic E-state index is 0.0866. The van der Waals surface area contributed by atoms with E-state index in [0.29, 0.717) is 37.4 Å². The van der Waals surface area contributed by atoms with Crippen molar-refractivity contribution < 1.29 is 19.0 Å². The Morgan fingerprint density at radius 2 is 1.94 bits per heavy atom. The second-order valence-electron chi connectivity index (χ2n) is 7.61. The molecule has 0 spiro atoms. The lowest BCUT2D eigenvalue weighted by Gasteiger charge is -2.14. The van der Waals surface area contributed by atoms with Crippen LogP contribution in [0, 0.1) is 31.6 Å². The standard InChI is InChI=1S/C26H29NO4/c1-5-8-20-13-18(2)24(19(3)14-20)25-23(31-17-30-12-11-29-4)16-21(26(25)28)15-22-9-6-7-10-27-22/h6-7,9-10,13-14,21H,11-12,15-17H2,1-4H3. The van der Waals surface area contributed by atoms with Gasteiger partial charge in [0.05, 0.1) is 18.8 Å². The Morgan fingerprint density at radius 3 is 2.58 bits per heavy atom. The van der Waals surface area contributed by atoms with E-state index in [4.69, 9.17) is 14.2 Å². The van der Waals surface area contributed by atoms with E-state index < -0.39 is 0 Å². The quantitative estimate of drug-likeness (QED) is 0.346. The number of Topliss-reactive ketones (excluding diaryl/α,β-unsaturated/α-hetero) is 1. The molecule has 0 bridgehead atoms. The van der Waals surface area contributed by atoms with Crippen LogP contribution in [-0.2, 0) is 25.4 Å². The number of aryl methyl sites for hydroxylation is 2. The second kappa shape index (κ2) is 10.9. The van der Waals surface area contributed by atoms with Gasteiger partial charge in [-0.2, -0.15) is 0 Å². The summed E-state index contributed by atoms with van der Waals surface area (Å²) in [6.45, 7) is 6.87. The smallest absolute Gasteiger partial charge is 0.188 e. The highest BCUT2D eigenvalue weighted by atomic mass is 16.7. The van der Waals surface area contributed by atoms with Gasteiger partial charge in [-0.15, -0.1) is 5.92 Å². The molecule has 1 aromatic carbocycles. The van der Waals surface area contributed by atoms with Crippen LogP contribution in [0.4, 0.5) is 0 Å². The number of hydrogen-bond acceptors (Lipinski definition) is 5. The topological polar surface area (TPSA) is 57.6 Å². The molecule has 1 aliphatic carbocycles. The highest BCUT2D eigenvalue weighted by Crippen LogP contribution is 2.39. The van der Waals surface area contributed by atoms with Gasteiger partial charge in [0.25, 0.3) is 0 Å². The van der Waals surface area contributed by atoms with Crippen LogP contribution in [0.1, 0.15) is 41.3 Å². The van der Waals surface area contributed by atoms with Gasteiger partial charge < -0.3 is 14.2 Å². The number of ketones is 1. The zero-order valence-electron chi connectivity index (χ0n) is 18.7. The number of nitrogens with zero attached hydrogens (tertiary/aromatic N) is 1. The highest BCUT2D eigenvalue weighted by Gasteiger charge is 2.36. The maximum atomic E-state index is 13.5. The molecular formula is C26H29NO4. The van der Waals surface area contributed by atoms with Crippen LogP contribution in [-0.4, -0.2) is 37.9 Å². The van der Waals surface area contributed by atoms with E-state index in [9.17, 15) is 4.79 Å². The second-order valence-corrected chi connectivity index (χ2v) is 7.61. The van der Waals surface area contributed by atoms with E-state index in [2.05, 4.69) is 16.8 Å². The molecule has 0 amide bonds. The van der Waals surface area contributed by atoms with Crippen molar-refractivity contribution in [2.24, 2.45) is 5.92 Å². The summed E-state index contributed by atoms with van der Waals surface area (Å²) in [5, 5.41) is 0. The third kappa shape index (κ3) is 5.61. The lowest BCUT2D eigenvalue weighted by atomic mass is 9.89. The molecule has 5 nitrogen and oxygen atoms in total. The largest absolute Gasteiger partial charge is 0.471 e. The Bertz CT molecular complexity index is 992.